The van der Waals surface area contributed by atoms with E-state index in [0.29, 0.717) is 10.6 Å². The van der Waals surface area contributed by atoms with Gasteiger partial charge in [-0.2, -0.15) is 0 Å². The van der Waals surface area contributed by atoms with Crippen LogP contribution in [0.1, 0.15) is 37.3 Å². The summed E-state index contributed by atoms with van der Waals surface area (Å²) < 4.78 is 0. The number of aromatic hydroxyl groups is 1. The van der Waals surface area contributed by atoms with E-state index in [-0.39, 0.29) is 16.7 Å². The van der Waals surface area contributed by atoms with Crippen molar-refractivity contribution in [2.45, 2.75) is 37.8 Å². The lowest BCUT2D eigenvalue weighted by atomic mass is 9.90. The van der Waals surface area contributed by atoms with Crippen LogP contribution in [0.25, 0.3) is 0 Å². The number of halogens is 2. The molecule has 1 aromatic rings. The van der Waals surface area contributed by atoms with Crippen LogP contribution in [-0.4, -0.2) is 16.3 Å². The van der Waals surface area contributed by atoms with Gasteiger partial charge in [-0.25, -0.2) is 0 Å². The molecule has 0 bridgehead atoms. The molecule has 4 N–H and O–H groups in total. The van der Waals surface area contributed by atoms with Crippen LogP contribution in [0.4, 0.5) is 0 Å². The number of hydrogen-bond acceptors (Lipinski definition) is 3. The van der Waals surface area contributed by atoms with E-state index in [0.717, 1.165) is 25.7 Å². The summed E-state index contributed by atoms with van der Waals surface area (Å²) in [6, 6.07) is 2.35. The number of aliphatic hydroxyl groups excluding tert-OH is 1. The first-order valence-corrected chi connectivity index (χ1v) is 6.88. The average Bonchev–Trinajstić information content (AvgIpc) is 2.85. The number of hydrogen-bond donors (Lipinski definition) is 3. The molecule has 100 valence electrons. The Bertz CT molecular complexity index is 433. The SMILES string of the molecule is N[C@@H](c1cc(Cl)cc(Cl)c1O)[C@H](O)C1CCCC1. The van der Waals surface area contributed by atoms with Gasteiger partial charge in [-0.15, -0.1) is 0 Å². The molecule has 1 saturated carbocycles. The van der Waals surface area contributed by atoms with Crippen molar-refractivity contribution in [2.24, 2.45) is 11.7 Å². The lowest BCUT2D eigenvalue weighted by Gasteiger charge is -2.25. The van der Waals surface area contributed by atoms with E-state index in [4.69, 9.17) is 28.9 Å². The second-order valence-corrected chi connectivity index (χ2v) is 5.73. The highest BCUT2D eigenvalue weighted by Gasteiger charge is 2.30. The van der Waals surface area contributed by atoms with Gasteiger partial charge in [0, 0.05) is 10.6 Å². The average molecular weight is 290 g/mol. The molecular formula is C13H17Cl2NO2. The molecule has 0 unspecified atom stereocenters. The first kappa shape index (κ1) is 13.9. The van der Waals surface area contributed by atoms with Crippen LogP contribution < -0.4 is 5.73 Å². The molecule has 2 rings (SSSR count). The predicted molar refractivity (Wildman–Crippen MR) is 73.0 cm³/mol. The molecule has 0 saturated heterocycles. The maximum Gasteiger partial charge on any atom is 0.139 e. The summed E-state index contributed by atoms with van der Waals surface area (Å²) in [5.41, 5.74) is 6.44. The van der Waals surface area contributed by atoms with Gasteiger partial charge in [-0.05, 0) is 30.9 Å². The van der Waals surface area contributed by atoms with Gasteiger partial charge in [0.15, 0.2) is 0 Å². The standard InChI is InChI=1S/C13H17Cl2NO2/c14-8-5-9(13(18)10(15)6-8)11(16)12(17)7-3-1-2-4-7/h5-7,11-12,17-18H,1-4,16H2/t11-,12+/m0/s1. The summed E-state index contributed by atoms with van der Waals surface area (Å²) in [5.74, 6) is 0.0998. The molecule has 3 nitrogen and oxygen atoms in total. The van der Waals surface area contributed by atoms with Crippen molar-refractivity contribution in [3.63, 3.8) is 0 Å². The molecule has 1 fully saturated rings. The van der Waals surface area contributed by atoms with E-state index in [1.807, 2.05) is 0 Å². The van der Waals surface area contributed by atoms with Crippen molar-refractivity contribution in [3.8, 4) is 5.75 Å². The predicted octanol–water partition coefficient (Wildman–Crippen LogP) is 3.25. The third-order valence-corrected chi connectivity index (χ3v) is 4.17. The van der Waals surface area contributed by atoms with E-state index in [1.165, 1.54) is 6.07 Å². The minimum Gasteiger partial charge on any atom is -0.506 e. The van der Waals surface area contributed by atoms with E-state index < -0.39 is 12.1 Å². The second-order valence-electron chi connectivity index (χ2n) is 4.89. The van der Waals surface area contributed by atoms with Crippen LogP contribution >= 0.6 is 23.2 Å². The van der Waals surface area contributed by atoms with Gasteiger partial charge >= 0.3 is 0 Å². The molecule has 0 aromatic heterocycles. The van der Waals surface area contributed by atoms with E-state index in [1.54, 1.807) is 6.07 Å². The quantitative estimate of drug-likeness (QED) is 0.800. The molecule has 1 aliphatic rings. The monoisotopic (exact) mass is 289 g/mol. The molecule has 0 amide bonds. The zero-order chi connectivity index (χ0) is 13.3. The van der Waals surface area contributed by atoms with Gasteiger partial charge in [0.2, 0.25) is 0 Å². The summed E-state index contributed by atoms with van der Waals surface area (Å²) in [7, 11) is 0. The summed E-state index contributed by atoms with van der Waals surface area (Å²) >= 11 is 11.8. The van der Waals surface area contributed by atoms with Crippen molar-refractivity contribution in [2.75, 3.05) is 0 Å². The Morgan fingerprint density at radius 2 is 1.83 bits per heavy atom. The van der Waals surface area contributed by atoms with Crippen molar-refractivity contribution < 1.29 is 10.2 Å². The normalized spacial score (nSPS) is 20.0. The van der Waals surface area contributed by atoms with Crippen LogP contribution in [0.15, 0.2) is 12.1 Å². The Morgan fingerprint density at radius 3 is 2.44 bits per heavy atom. The van der Waals surface area contributed by atoms with Crippen molar-refractivity contribution in [1.82, 2.24) is 0 Å². The van der Waals surface area contributed by atoms with E-state index in [9.17, 15) is 10.2 Å². The van der Waals surface area contributed by atoms with Crippen molar-refractivity contribution >= 4 is 23.2 Å². The zero-order valence-electron chi connectivity index (χ0n) is 9.94. The van der Waals surface area contributed by atoms with Crippen LogP contribution in [0.3, 0.4) is 0 Å². The van der Waals surface area contributed by atoms with Crippen LogP contribution in [0, 0.1) is 5.92 Å². The Balaban J connectivity index is 2.24. The molecule has 1 aliphatic carbocycles. The molecule has 0 radical (unpaired) electrons. The van der Waals surface area contributed by atoms with Crippen LogP contribution in [-0.2, 0) is 0 Å². The number of phenolic OH excluding ortho intramolecular Hbond substituents is 1. The number of aliphatic hydroxyl groups is 1. The topological polar surface area (TPSA) is 66.5 Å². The highest BCUT2D eigenvalue weighted by atomic mass is 35.5. The molecule has 5 heteroatoms. The zero-order valence-corrected chi connectivity index (χ0v) is 11.5. The van der Waals surface area contributed by atoms with Gasteiger partial charge in [0.05, 0.1) is 17.2 Å². The minimum atomic E-state index is -0.673. The van der Waals surface area contributed by atoms with Gasteiger partial charge in [0.25, 0.3) is 0 Å². The fraction of sp³-hybridized carbons (Fsp3) is 0.538. The van der Waals surface area contributed by atoms with E-state index >= 15 is 0 Å². The molecule has 0 aliphatic heterocycles. The third-order valence-electron chi connectivity index (χ3n) is 3.67. The molecular weight excluding hydrogens is 273 g/mol. The van der Waals surface area contributed by atoms with E-state index in [2.05, 4.69) is 0 Å². The maximum absolute atomic E-state index is 10.3. The Hall–Kier alpha value is -0.480. The molecule has 0 spiro atoms. The fourth-order valence-electron chi connectivity index (χ4n) is 2.62. The lowest BCUT2D eigenvalue weighted by molar-refractivity contribution is 0.0836. The highest BCUT2D eigenvalue weighted by Crippen LogP contribution is 2.38. The van der Waals surface area contributed by atoms with Gasteiger partial charge in [-0.3, -0.25) is 0 Å². The van der Waals surface area contributed by atoms with Crippen molar-refractivity contribution in [3.05, 3.63) is 27.7 Å². The molecule has 1 aromatic carbocycles. The van der Waals surface area contributed by atoms with Gasteiger partial charge in [-0.1, -0.05) is 36.0 Å². The van der Waals surface area contributed by atoms with Crippen LogP contribution in [0.5, 0.6) is 5.75 Å². The number of rotatable bonds is 3. The molecule has 18 heavy (non-hydrogen) atoms. The Labute approximate surface area is 117 Å². The summed E-state index contributed by atoms with van der Waals surface area (Å²) in [5, 5.41) is 20.7. The summed E-state index contributed by atoms with van der Waals surface area (Å²) in [6.45, 7) is 0. The third kappa shape index (κ3) is 2.75. The first-order chi connectivity index (χ1) is 8.50. The summed E-state index contributed by atoms with van der Waals surface area (Å²) in [4.78, 5) is 0. The maximum atomic E-state index is 10.3. The number of benzene rings is 1. The van der Waals surface area contributed by atoms with Gasteiger partial charge in [0.1, 0.15) is 5.75 Å². The largest absolute Gasteiger partial charge is 0.506 e. The lowest BCUT2D eigenvalue weighted by Crippen LogP contribution is -2.32. The Kier molecular flexibility index (Phi) is 4.38. The highest BCUT2D eigenvalue weighted by molar-refractivity contribution is 6.35. The number of phenols is 1. The second kappa shape index (κ2) is 5.66. The first-order valence-electron chi connectivity index (χ1n) is 6.12. The van der Waals surface area contributed by atoms with Gasteiger partial charge < -0.3 is 15.9 Å². The molecule has 0 heterocycles. The summed E-state index contributed by atoms with van der Waals surface area (Å²) in [6.07, 6.45) is 3.52. The van der Waals surface area contributed by atoms with Crippen molar-refractivity contribution in [1.29, 1.82) is 0 Å². The van der Waals surface area contributed by atoms with Crippen LogP contribution in [0.2, 0.25) is 10.0 Å². The smallest absolute Gasteiger partial charge is 0.139 e. The minimum absolute atomic E-state index is 0.0920. The molecule has 2 atom stereocenters. The fourth-order valence-corrected chi connectivity index (χ4v) is 3.13. The number of nitrogens with two attached hydrogens (primary N) is 1. The Morgan fingerprint density at radius 1 is 1.22 bits per heavy atom.